The summed E-state index contributed by atoms with van der Waals surface area (Å²) in [6, 6.07) is 15.3. The number of esters is 1. The van der Waals surface area contributed by atoms with E-state index in [9.17, 15) is 9.00 Å². The fraction of sp³-hybridized carbons (Fsp3) is 0.333. The first kappa shape index (κ1) is 28.3. The molecule has 2 heterocycles. The van der Waals surface area contributed by atoms with E-state index in [4.69, 9.17) is 18.6 Å². The summed E-state index contributed by atoms with van der Waals surface area (Å²) in [5.41, 5.74) is 4.94. The van der Waals surface area contributed by atoms with Gasteiger partial charge < -0.3 is 18.6 Å². The highest BCUT2D eigenvalue weighted by atomic mass is 32.2. The number of nitrogens with one attached hydrogen (secondary N) is 1. The van der Waals surface area contributed by atoms with Crippen molar-refractivity contribution in [1.82, 2.24) is 9.71 Å². The van der Waals surface area contributed by atoms with Crippen LogP contribution in [-0.2, 0) is 40.1 Å². The summed E-state index contributed by atoms with van der Waals surface area (Å²) in [5, 5.41) is 0.934. The minimum atomic E-state index is -1.20. The van der Waals surface area contributed by atoms with Crippen LogP contribution in [0.15, 0.2) is 65.4 Å². The molecule has 2 aromatic heterocycles. The van der Waals surface area contributed by atoms with Crippen LogP contribution in [0, 0.1) is 0 Å². The summed E-state index contributed by atoms with van der Waals surface area (Å²) < 4.78 is 37.8. The molecular formula is C30H34N2O6S. The Morgan fingerprint density at radius 1 is 1.13 bits per heavy atom. The molecule has 9 heteroatoms. The Morgan fingerprint density at radius 2 is 1.95 bits per heavy atom. The van der Waals surface area contributed by atoms with Gasteiger partial charge in [0.1, 0.15) is 12.2 Å². The van der Waals surface area contributed by atoms with Gasteiger partial charge in [0.05, 0.1) is 54.4 Å². The van der Waals surface area contributed by atoms with Crippen LogP contribution in [0.2, 0.25) is 0 Å². The fourth-order valence-corrected chi connectivity index (χ4v) is 4.80. The van der Waals surface area contributed by atoms with Gasteiger partial charge in [0.15, 0.2) is 11.5 Å². The van der Waals surface area contributed by atoms with E-state index in [0.29, 0.717) is 30.2 Å². The van der Waals surface area contributed by atoms with Crippen molar-refractivity contribution in [2.75, 3.05) is 13.7 Å². The maximum Gasteiger partial charge on any atom is 0.310 e. The molecule has 0 bridgehead atoms. The monoisotopic (exact) mass is 550 g/mol. The van der Waals surface area contributed by atoms with Crippen LogP contribution in [0.3, 0.4) is 0 Å². The third kappa shape index (κ3) is 7.04. The Hall–Kier alpha value is -3.69. The maximum atomic E-state index is 12.4. The number of benzene rings is 2. The number of nitrogens with zero attached hydrogens (tertiary/aromatic N) is 1. The molecule has 4 aromatic rings. The van der Waals surface area contributed by atoms with Crippen molar-refractivity contribution in [1.29, 1.82) is 0 Å². The van der Waals surface area contributed by atoms with Crippen molar-refractivity contribution in [3.8, 4) is 22.6 Å². The number of ether oxygens (including phenoxy) is 3. The normalized spacial score (nSPS) is 12.3. The van der Waals surface area contributed by atoms with Crippen molar-refractivity contribution in [2.24, 2.45) is 0 Å². The quantitative estimate of drug-likeness (QED) is 0.238. The molecule has 8 nitrogen and oxygen atoms in total. The second kappa shape index (κ2) is 12.4. The van der Waals surface area contributed by atoms with E-state index in [1.807, 2.05) is 63.2 Å². The molecule has 0 fully saturated rings. The number of carbonyl (C=O) groups excluding carboxylic acids is 1. The van der Waals surface area contributed by atoms with Gasteiger partial charge in [-0.3, -0.25) is 9.78 Å². The van der Waals surface area contributed by atoms with Crippen LogP contribution in [0.5, 0.6) is 11.5 Å². The number of pyridine rings is 1. The molecule has 0 unspecified atom stereocenters. The molecule has 0 aliphatic rings. The summed E-state index contributed by atoms with van der Waals surface area (Å²) >= 11 is 0. The lowest BCUT2D eigenvalue weighted by molar-refractivity contribution is -0.142. The van der Waals surface area contributed by atoms with Crippen LogP contribution in [0.1, 0.15) is 44.5 Å². The first-order valence-electron chi connectivity index (χ1n) is 12.7. The predicted octanol–water partition coefficient (Wildman–Crippen LogP) is 5.74. The van der Waals surface area contributed by atoms with Crippen LogP contribution in [0.25, 0.3) is 22.1 Å². The topological polar surface area (TPSA) is 99.9 Å². The number of hydrogen-bond acceptors (Lipinski definition) is 7. The molecule has 2 aromatic carbocycles. The van der Waals surface area contributed by atoms with Crippen LogP contribution in [0.4, 0.5) is 0 Å². The van der Waals surface area contributed by atoms with Gasteiger partial charge in [0.25, 0.3) is 0 Å². The second-order valence-electron chi connectivity index (χ2n) is 9.94. The highest BCUT2D eigenvalue weighted by Gasteiger charge is 2.20. The lowest BCUT2D eigenvalue weighted by Gasteiger charge is -2.18. The van der Waals surface area contributed by atoms with Crippen molar-refractivity contribution < 1.29 is 27.6 Å². The van der Waals surface area contributed by atoms with E-state index in [1.165, 1.54) is 0 Å². The first-order chi connectivity index (χ1) is 18.7. The van der Waals surface area contributed by atoms with Gasteiger partial charge in [-0.15, -0.1) is 0 Å². The minimum Gasteiger partial charge on any atom is -0.493 e. The highest BCUT2D eigenvalue weighted by molar-refractivity contribution is 7.84. The summed E-state index contributed by atoms with van der Waals surface area (Å²) in [4.78, 5) is 16.6. The third-order valence-electron chi connectivity index (χ3n) is 5.98. The average molecular weight is 551 g/mol. The largest absolute Gasteiger partial charge is 0.493 e. The Balaban J connectivity index is 1.61. The standard InChI is InChI=1S/C30H34N2O6S/c1-6-36-27(33)17-22-8-7-9-26(35-5)29(22)38-19-20-14-23-11-13-37-28(23)25(15-20)21-10-12-31-24(16-21)18-32-39(34)30(2,3)4/h7-16,32H,6,17-19H2,1-5H3/t39-/m0/s1. The van der Waals surface area contributed by atoms with Gasteiger partial charge in [-0.2, -0.15) is 0 Å². The van der Waals surface area contributed by atoms with Gasteiger partial charge in [-0.05, 0) is 75.2 Å². The molecule has 0 saturated carbocycles. The number of fused-ring (bicyclic) bond motifs is 1. The number of para-hydroxylation sites is 1. The Labute approximate surface area is 231 Å². The zero-order valence-corrected chi connectivity index (χ0v) is 23.7. The Bertz CT molecular complexity index is 1470. The lowest BCUT2D eigenvalue weighted by atomic mass is 10.0. The Kier molecular flexibility index (Phi) is 9.04. The number of hydrogen-bond donors (Lipinski definition) is 1. The van der Waals surface area contributed by atoms with E-state index in [1.54, 1.807) is 32.6 Å². The van der Waals surface area contributed by atoms with Crippen molar-refractivity contribution >= 4 is 27.9 Å². The maximum absolute atomic E-state index is 12.4. The number of aromatic nitrogens is 1. The predicted molar refractivity (Wildman–Crippen MR) is 152 cm³/mol. The number of furan rings is 1. The van der Waals surface area contributed by atoms with E-state index in [0.717, 1.165) is 33.4 Å². The number of methoxy groups -OCH3 is 1. The van der Waals surface area contributed by atoms with Crippen LogP contribution in [-0.4, -0.2) is 33.6 Å². The van der Waals surface area contributed by atoms with Crippen LogP contribution < -0.4 is 14.2 Å². The van der Waals surface area contributed by atoms with Crippen LogP contribution >= 0.6 is 0 Å². The van der Waals surface area contributed by atoms with Crippen molar-refractivity contribution in [2.45, 2.75) is 52.0 Å². The number of carbonyl (C=O) groups is 1. The highest BCUT2D eigenvalue weighted by Crippen LogP contribution is 2.35. The second-order valence-corrected chi connectivity index (χ2v) is 12.0. The first-order valence-corrected chi connectivity index (χ1v) is 13.9. The van der Waals surface area contributed by atoms with Gasteiger partial charge in [-0.25, -0.2) is 8.93 Å². The van der Waals surface area contributed by atoms with E-state index in [-0.39, 0.29) is 23.7 Å². The molecule has 206 valence electrons. The average Bonchev–Trinajstić information content (AvgIpc) is 3.39. The molecule has 0 saturated heterocycles. The van der Waals surface area contributed by atoms with Gasteiger partial charge >= 0.3 is 5.97 Å². The molecule has 0 radical (unpaired) electrons. The molecule has 4 rings (SSSR count). The van der Waals surface area contributed by atoms with Crippen molar-refractivity contribution in [3.05, 3.63) is 77.8 Å². The van der Waals surface area contributed by atoms with E-state index >= 15 is 0 Å². The van der Waals surface area contributed by atoms with Gasteiger partial charge in [0.2, 0.25) is 0 Å². The number of rotatable bonds is 11. The zero-order chi connectivity index (χ0) is 28.0. The van der Waals surface area contributed by atoms with E-state index in [2.05, 4.69) is 9.71 Å². The van der Waals surface area contributed by atoms with E-state index < -0.39 is 11.0 Å². The van der Waals surface area contributed by atoms with Gasteiger partial charge in [0, 0.05) is 22.7 Å². The SMILES string of the molecule is CCOC(=O)Cc1cccc(OC)c1OCc1cc(-c2ccnc(CN[S@@](=O)C(C)(C)C)c2)c2occc2c1. The summed E-state index contributed by atoms with van der Waals surface area (Å²) in [5.74, 6) is 0.721. The molecule has 1 N–H and O–H groups in total. The molecule has 39 heavy (non-hydrogen) atoms. The fourth-order valence-electron chi connectivity index (χ4n) is 4.09. The summed E-state index contributed by atoms with van der Waals surface area (Å²) in [6.07, 6.45) is 3.48. The molecule has 0 spiro atoms. The lowest BCUT2D eigenvalue weighted by Crippen LogP contribution is -2.33. The molecular weight excluding hydrogens is 516 g/mol. The minimum absolute atomic E-state index is 0.0836. The summed E-state index contributed by atoms with van der Waals surface area (Å²) in [7, 11) is 0.365. The summed E-state index contributed by atoms with van der Waals surface area (Å²) in [6.45, 7) is 8.48. The van der Waals surface area contributed by atoms with Gasteiger partial charge in [-0.1, -0.05) is 12.1 Å². The molecule has 0 aliphatic carbocycles. The third-order valence-corrected chi connectivity index (χ3v) is 7.50. The molecule has 0 amide bonds. The molecule has 1 atom stereocenters. The zero-order valence-electron chi connectivity index (χ0n) is 22.9. The Morgan fingerprint density at radius 3 is 2.69 bits per heavy atom. The smallest absolute Gasteiger partial charge is 0.310 e. The van der Waals surface area contributed by atoms with Crippen molar-refractivity contribution in [3.63, 3.8) is 0 Å². The molecule has 0 aliphatic heterocycles.